The number of carbonyl (C=O) groups is 1. The van der Waals surface area contributed by atoms with E-state index in [1.807, 2.05) is 35.2 Å². The molecule has 5 rings (SSSR count). The lowest BCUT2D eigenvalue weighted by Gasteiger charge is -2.39. The van der Waals surface area contributed by atoms with Crippen LogP contribution in [0.15, 0.2) is 91.0 Å². The quantitative estimate of drug-likeness (QED) is 0.299. The van der Waals surface area contributed by atoms with E-state index in [9.17, 15) is 4.79 Å². The van der Waals surface area contributed by atoms with Crippen molar-refractivity contribution in [2.75, 3.05) is 32.8 Å². The van der Waals surface area contributed by atoms with Crippen molar-refractivity contribution in [2.24, 2.45) is 0 Å². The maximum absolute atomic E-state index is 13.3. The summed E-state index contributed by atoms with van der Waals surface area (Å²) in [6.07, 6.45) is 2.15. The number of nitrogens with zero attached hydrogens (tertiary/aromatic N) is 3. The fourth-order valence-electron chi connectivity index (χ4n) is 4.87. The van der Waals surface area contributed by atoms with E-state index < -0.39 is 0 Å². The van der Waals surface area contributed by atoms with Crippen molar-refractivity contribution in [3.8, 4) is 17.0 Å². The van der Waals surface area contributed by atoms with Gasteiger partial charge in [-0.05, 0) is 47.9 Å². The zero-order valence-corrected chi connectivity index (χ0v) is 21.3. The average molecular weight is 495 g/mol. The predicted molar refractivity (Wildman–Crippen MR) is 147 cm³/mol. The molecule has 6 heteroatoms. The Hall–Kier alpha value is -3.90. The molecule has 1 aliphatic rings. The summed E-state index contributed by atoms with van der Waals surface area (Å²) in [5.74, 6) is 0.847. The summed E-state index contributed by atoms with van der Waals surface area (Å²) in [5.41, 5.74) is 4.78. The zero-order chi connectivity index (χ0) is 25.5. The molecule has 190 valence electrons. The van der Waals surface area contributed by atoms with Crippen LogP contribution in [0.5, 0.6) is 5.75 Å². The Morgan fingerprint density at radius 3 is 2.11 bits per heavy atom. The summed E-state index contributed by atoms with van der Waals surface area (Å²) in [6.45, 7) is 5.83. The first-order valence-corrected chi connectivity index (χ1v) is 13.1. The van der Waals surface area contributed by atoms with E-state index in [2.05, 4.69) is 82.7 Å². The minimum atomic E-state index is -0.00566. The maximum atomic E-state index is 13.3. The second-order valence-electron chi connectivity index (χ2n) is 9.45. The molecule has 3 aromatic carbocycles. The fourth-order valence-corrected chi connectivity index (χ4v) is 4.87. The van der Waals surface area contributed by atoms with Crippen molar-refractivity contribution < 1.29 is 9.53 Å². The Labute approximate surface area is 218 Å². The largest absolute Gasteiger partial charge is 0.494 e. The van der Waals surface area contributed by atoms with Crippen LogP contribution in [0.25, 0.3) is 11.3 Å². The number of ether oxygens (including phenoxy) is 1. The number of amides is 1. The summed E-state index contributed by atoms with van der Waals surface area (Å²) >= 11 is 0. The van der Waals surface area contributed by atoms with Crippen LogP contribution in [0.3, 0.4) is 0 Å². The van der Waals surface area contributed by atoms with Crippen LogP contribution < -0.4 is 4.74 Å². The highest BCUT2D eigenvalue weighted by molar-refractivity contribution is 5.93. The summed E-state index contributed by atoms with van der Waals surface area (Å²) in [5, 5.41) is 7.36. The topological polar surface area (TPSA) is 61.5 Å². The van der Waals surface area contributed by atoms with Crippen LogP contribution in [0.2, 0.25) is 0 Å². The summed E-state index contributed by atoms with van der Waals surface area (Å²) in [6, 6.07) is 31.1. The SMILES string of the molecule is CCCCOc1ccc(-c2cc(C(=O)N3CCN(C(c4ccccc4)c4ccccc4)CC3)[nH]n2)cc1. The first-order valence-electron chi connectivity index (χ1n) is 13.1. The maximum Gasteiger partial charge on any atom is 0.271 e. The number of hydrogen-bond acceptors (Lipinski definition) is 4. The van der Waals surface area contributed by atoms with Gasteiger partial charge in [0.1, 0.15) is 11.4 Å². The lowest BCUT2D eigenvalue weighted by molar-refractivity contribution is 0.0592. The number of hydrogen-bond donors (Lipinski definition) is 1. The monoisotopic (exact) mass is 494 g/mol. The number of rotatable bonds is 9. The summed E-state index contributed by atoms with van der Waals surface area (Å²) in [7, 11) is 0. The van der Waals surface area contributed by atoms with Crippen LogP contribution in [0, 0.1) is 0 Å². The highest BCUT2D eigenvalue weighted by Gasteiger charge is 2.29. The van der Waals surface area contributed by atoms with Crippen molar-refractivity contribution in [3.63, 3.8) is 0 Å². The second-order valence-corrected chi connectivity index (χ2v) is 9.45. The zero-order valence-electron chi connectivity index (χ0n) is 21.3. The molecule has 0 bridgehead atoms. The van der Waals surface area contributed by atoms with E-state index in [1.54, 1.807) is 0 Å². The fraction of sp³-hybridized carbons (Fsp3) is 0.290. The van der Waals surface area contributed by atoms with Gasteiger partial charge in [-0.2, -0.15) is 5.10 Å². The normalized spacial score (nSPS) is 14.2. The minimum absolute atomic E-state index is 0.00566. The Kier molecular flexibility index (Phi) is 7.96. The van der Waals surface area contributed by atoms with Crippen LogP contribution in [0.4, 0.5) is 0 Å². The van der Waals surface area contributed by atoms with Crippen LogP contribution in [-0.2, 0) is 0 Å². The predicted octanol–water partition coefficient (Wildman–Crippen LogP) is 5.80. The molecule has 1 fully saturated rings. The second kappa shape index (κ2) is 11.9. The van der Waals surface area contributed by atoms with Gasteiger partial charge in [-0.15, -0.1) is 0 Å². The Balaban J connectivity index is 1.23. The van der Waals surface area contributed by atoms with Gasteiger partial charge in [-0.3, -0.25) is 14.8 Å². The van der Waals surface area contributed by atoms with Crippen LogP contribution in [0.1, 0.15) is 47.4 Å². The van der Waals surface area contributed by atoms with E-state index in [0.29, 0.717) is 18.8 Å². The molecule has 6 nitrogen and oxygen atoms in total. The molecule has 1 saturated heterocycles. The van der Waals surface area contributed by atoms with Gasteiger partial charge in [0.15, 0.2) is 0 Å². The number of aromatic amines is 1. The van der Waals surface area contributed by atoms with E-state index in [0.717, 1.165) is 49.5 Å². The van der Waals surface area contributed by atoms with Gasteiger partial charge in [-0.1, -0.05) is 74.0 Å². The Morgan fingerprint density at radius 1 is 0.892 bits per heavy atom. The molecule has 2 heterocycles. The van der Waals surface area contributed by atoms with Gasteiger partial charge in [0.05, 0.1) is 18.3 Å². The number of piperazine rings is 1. The van der Waals surface area contributed by atoms with Gasteiger partial charge < -0.3 is 9.64 Å². The van der Waals surface area contributed by atoms with Gasteiger partial charge >= 0.3 is 0 Å². The molecule has 1 N–H and O–H groups in total. The number of H-pyrrole nitrogens is 1. The molecular formula is C31H34N4O2. The van der Waals surface area contributed by atoms with Crippen LogP contribution in [-0.4, -0.2) is 58.7 Å². The first-order chi connectivity index (χ1) is 18.2. The number of carbonyl (C=O) groups excluding carboxylic acids is 1. The summed E-state index contributed by atoms with van der Waals surface area (Å²) < 4.78 is 5.75. The van der Waals surface area contributed by atoms with Crippen molar-refractivity contribution >= 4 is 5.91 Å². The van der Waals surface area contributed by atoms with Crippen molar-refractivity contribution in [2.45, 2.75) is 25.8 Å². The van der Waals surface area contributed by atoms with E-state index in [1.165, 1.54) is 11.1 Å². The molecule has 0 spiro atoms. The van der Waals surface area contributed by atoms with E-state index >= 15 is 0 Å². The van der Waals surface area contributed by atoms with Gasteiger partial charge in [-0.25, -0.2) is 0 Å². The number of aromatic nitrogens is 2. The molecule has 0 aliphatic carbocycles. The third-order valence-electron chi connectivity index (χ3n) is 6.92. The average Bonchev–Trinajstić information content (AvgIpc) is 3.45. The molecule has 1 aromatic heterocycles. The Bertz CT molecular complexity index is 1220. The van der Waals surface area contributed by atoms with E-state index in [4.69, 9.17) is 4.74 Å². The third-order valence-corrected chi connectivity index (χ3v) is 6.92. The molecule has 0 saturated carbocycles. The van der Waals surface area contributed by atoms with Crippen molar-refractivity contribution in [1.82, 2.24) is 20.0 Å². The van der Waals surface area contributed by atoms with Crippen molar-refractivity contribution in [3.05, 3.63) is 108 Å². The number of unbranched alkanes of at least 4 members (excludes halogenated alkanes) is 1. The van der Waals surface area contributed by atoms with E-state index in [-0.39, 0.29) is 11.9 Å². The highest BCUT2D eigenvalue weighted by atomic mass is 16.5. The Morgan fingerprint density at radius 2 is 1.51 bits per heavy atom. The van der Waals surface area contributed by atoms with Crippen LogP contribution >= 0.6 is 0 Å². The molecule has 37 heavy (non-hydrogen) atoms. The first kappa shape index (κ1) is 24.8. The molecule has 0 atom stereocenters. The molecule has 1 amide bonds. The summed E-state index contributed by atoms with van der Waals surface area (Å²) in [4.78, 5) is 17.7. The smallest absolute Gasteiger partial charge is 0.271 e. The highest BCUT2D eigenvalue weighted by Crippen LogP contribution is 2.30. The molecule has 0 unspecified atom stereocenters. The minimum Gasteiger partial charge on any atom is -0.494 e. The van der Waals surface area contributed by atoms with Gasteiger partial charge in [0, 0.05) is 31.7 Å². The number of benzene rings is 3. The van der Waals surface area contributed by atoms with Gasteiger partial charge in [0.2, 0.25) is 0 Å². The standard InChI is InChI=1S/C31H34N4O2/c1-2-3-22-37-27-16-14-24(15-17-27)28-23-29(33-32-28)31(36)35-20-18-34(19-21-35)30(25-10-6-4-7-11-25)26-12-8-5-9-13-26/h4-17,23,30H,2-3,18-22H2,1H3,(H,32,33). The van der Waals surface area contributed by atoms with Gasteiger partial charge in [0.25, 0.3) is 5.91 Å². The molecule has 1 aliphatic heterocycles. The molecule has 0 radical (unpaired) electrons. The lowest BCUT2D eigenvalue weighted by atomic mass is 9.96. The molecule has 4 aromatic rings. The number of nitrogens with one attached hydrogen (secondary N) is 1. The lowest BCUT2D eigenvalue weighted by Crippen LogP contribution is -2.50. The molecular weight excluding hydrogens is 460 g/mol. The third kappa shape index (κ3) is 5.92. The van der Waals surface area contributed by atoms with Crippen molar-refractivity contribution in [1.29, 1.82) is 0 Å².